The number of nitrogens with zero attached hydrogens (tertiary/aromatic N) is 1. The summed E-state index contributed by atoms with van der Waals surface area (Å²) in [4.78, 5) is 26.0. The lowest BCUT2D eigenvalue weighted by Gasteiger charge is -2.26. The highest BCUT2D eigenvalue weighted by Gasteiger charge is 2.20. The molecule has 0 bridgehead atoms. The van der Waals surface area contributed by atoms with Crippen LogP contribution in [0.5, 0.6) is 5.75 Å². The Balaban J connectivity index is 1.55. The van der Waals surface area contributed by atoms with Gasteiger partial charge in [0, 0.05) is 13.1 Å². The van der Waals surface area contributed by atoms with Crippen LogP contribution in [-0.2, 0) is 9.53 Å². The topological polar surface area (TPSA) is 66.8 Å². The molecule has 0 unspecified atom stereocenters. The van der Waals surface area contributed by atoms with Gasteiger partial charge in [-0.3, -0.25) is 4.79 Å². The summed E-state index contributed by atoms with van der Waals surface area (Å²) >= 11 is 0. The Kier molecular flexibility index (Phi) is 5.37. The Bertz CT molecular complexity index is 842. The van der Waals surface area contributed by atoms with Crippen molar-refractivity contribution in [3.8, 4) is 5.75 Å². The number of hydrogen-bond donors (Lipinski definition) is 1. The Morgan fingerprint density at radius 1 is 1.12 bits per heavy atom. The number of phenols is 1. The number of carbonyl (C=O) groups is 2. The fraction of sp³-hybridized carbons (Fsp3) is 0.238. The normalized spacial score (nSPS) is 13.9. The highest BCUT2D eigenvalue weighted by atomic mass is 16.5. The first-order chi connectivity index (χ1) is 12.6. The lowest BCUT2D eigenvalue weighted by molar-refractivity contribution is -0.134. The van der Waals surface area contributed by atoms with Crippen molar-refractivity contribution < 1.29 is 19.4 Å². The highest BCUT2D eigenvalue weighted by molar-refractivity contribution is 5.94. The van der Waals surface area contributed by atoms with E-state index in [1.807, 2.05) is 24.3 Å². The molecule has 26 heavy (non-hydrogen) atoms. The summed E-state index contributed by atoms with van der Waals surface area (Å²) in [5.74, 6) is -1.05. The minimum atomic E-state index is -0.697. The molecule has 0 aromatic heterocycles. The number of hydrogen-bond acceptors (Lipinski definition) is 4. The molecule has 0 radical (unpaired) electrons. The molecule has 2 aromatic rings. The van der Waals surface area contributed by atoms with E-state index in [1.54, 1.807) is 24.0 Å². The van der Waals surface area contributed by atoms with E-state index in [-0.39, 0.29) is 23.8 Å². The molecule has 5 heteroatoms. The number of rotatable bonds is 4. The summed E-state index contributed by atoms with van der Waals surface area (Å²) in [6.07, 6.45) is 2.80. The van der Waals surface area contributed by atoms with E-state index in [0.29, 0.717) is 18.7 Å². The predicted molar refractivity (Wildman–Crippen MR) is 98.7 cm³/mol. The standard InChI is InChI=1S/C21H21NO4/c1-15-6-5-9-18(20(15)24)21(25)26-14-19(23)22-12-10-17(11-13-22)16-7-3-2-4-8-16/h2-10,24H,11-14H2,1H3. The first-order valence-electron chi connectivity index (χ1n) is 8.54. The molecule has 3 rings (SSSR count). The van der Waals surface area contributed by atoms with Crippen molar-refractivity contribution in [3.63, 3.8) is 0 Å². The smallest absolute Gasteiger partial charge is 0.342 e. The van der Waals surface area contributed by atoms with Crippen LogP contribution in [0.1, 0.15) is 27.9 Å². The number of ether oxygens (including phenoxy) is 1. The zero-order valence-corrected chi connectivity index (χ0v) is 14.6. The van der Waals surface area contributed by atoms with Gasteiger partial charge in [0.1, 0.15) is 11.3 Å². The molecule has 134 valence electrons. The van der Waals surface area contributed by atoms with Crippen molar-refractivity contribution in [1.29, 1.82) is 0 Å². The van der Waals surface area contributed by atoms with Gasteiger partial charge < -0.3 is 14.7 Å². The van der Waals surface area contributed by atoms with Crippen LogP contribution in [0.25, 0.3) is 5.57 Å². The van der Waals surface area contributed by atoms with Gasteiger partial charge in [-0.25, -0.2) is 4.79 Å². The third-order valence-corrected chi connectivity index (χ3v) is 4.49. The van der Waals surface area contributed by atoms with E-state index >= 15 is 0 Å². The van der Waals surface area contributed by atoms with Gasteiger partial charge in [0.05, 0.1) is 0 Å². The van der Waals surface area contributed by atoms with Gasteiger partial charge in [-0.1, -0.05) is 48.5 Å². The summed E-state index contributed by atoms with van der Waals surface area (Å²) in [5, 5.41) is 9.92. The molecule has 0 saturated heterocycles. The summed E-state index contributed by atoms with van der Waals surface area (Å²) < 4.78 is 5.08. The highest BCUT2D eigenvalue weighted by Crippen LogP contribution is 2.23. The molecule has 0 spiro atoms. The molecule has 1 aliphatic heterocycles. The van der Waals surface area contributed by atoms with E-state index < -0.39 is 5.97 Å². The van der Waals surface area contributed by atoms with E-state index in [9.17, 15) is 14.7 Å². The molecular weight excluding hydrogens is 330 g/mol. The van der Waals surface area contributed by atoms with Crippen molar-refractivity contribution >= 4 is 17.4 Å². The second kappa shape index (κ2) is 7.87. The maximum atomic E-state index is 12.3. The van der Waals surface area contributed by atoms with Crippen molar-refractivity contribution in [2.45, 2.75) is 13.3 Å². The fourth-order valence-corrected chi connectivity index (χ4v) is 2.93. The average Bonchev–Trinajstić information content (AvgIpc) is 2.69. The summed E-state index contributed by atoms with van der Waals surface area (Å²) in [5.41, 5.74) is 3.04. The quantitative estimate of drug-likeness (QED) is 0.859. The Hall–Kier alpha value is -3.08. The minimum Gasteiger partial charge on any atom is -0.507 e. The van der Waals surface area contributed by atoms with Crippen LogP contribution in [0.2, 0.25) is 0 Å². The SMILES string of the molecule is Cc1cccc(C(=O)OCC(=O)N2CC=C(c3ccccc3)CC2)c1O. The van der Waals surface area contributed by atoms with Gasteiger partial charge in [0.15, 0.2) is 6.61 Å². The van der Waals surface area contributed by atoms with E-state index in [1.165, 1.54) is 17.2 Å². The molecule has 1 N–H and O–H groups in total. The number of carbonyl (C=O) groups excluding carboxylic acids is 2. The molecule has 0 atom stereocenters. The number of esters is 1. The molecule has 0 saturated carbocycles. The van der Waals surface area contributed by atoms with Crippen LogP contribution >= 0.6 is 0 Å². The Morgan fingerprint density at radius 3 is 2.58 bits per heavy atom. The first-order valence-corrected chi connectivity index (χ1v) is 8.54. The van der Waals surface area contributed by atoms with Crippen LogP contribution < -0.4 is 0 Å². The summed E-state index contributed by atoms with van der Waals surface area (Å²) in [6.45, 7) is 2.45. The van der Waals surface area contributed by atoms with Crippen molar-refractivity contribution in [1.82, 2.24) is 4.90 Å². The van der Waals surface area contributed by atoms with Crippen molar-refractivity contribution in [2.24, 2.45) is 0 Å². The molecule has 5 nitrogen and oxygen atoms in total. The Morgan fingerprint density at radius 2 is 1.88 bits per heavy atom. The molecule has 0 fully saturated rings. The first kappa shape index (κ1) is 17.7. The zero-order chi connectivity index (χ0) is 18.5. The van der Waals surface area contributed by atoms with E-state index in [2.05, 4.69) is 12.1 Å². The van der Waals surface area contributed by atoms with E-state index in [4.69, 9.17) is 4.74 Å². The molecule has 2 aromatic carbocycles. The monoisotopic (exact) mass is 351 g/mol. The van der Waals surface area contributed by atoms with Gasteiger partial charge >= 0.3 is 5.97 Å². The van der Waals surface area contributed by atoms with Crippen LogP contribution in [0.4, 0.5) is 0 Å². The van der Waals surface area contributed by atoms with Gasteiger partial charge in [-0.05, 0) is 36.1 Å². The third kappa shape index (κ3) is 3.94. The van der Waals surface area contributed by atoms with Gasteiger partial charge in [-0.2, -0.15) is 0 Å². The number of amides is 1. The van der Waals surface area contributed by atoms with E-state index in [0.717, 1.165) is 6.42 Å². The number of phenolic OH excluding ortho intramolecular Hbond substituents is 1. The summed E-state index contributed by atoms with van der Waals surface area (Å²) in [6, 6.07) is 14.9. The molecular formula is C21H21NO4. The lowest BCUT2D eigenvalue weighted by Crippen LogP contribution is -2.37. The maximum absolute atomic E-state index is 12.3. The number of para-hydroxylation sites is 1. The predicted octanol–water partition coefficient (Wildman–Crippen LogP) is 3.17. The molecule has 1 heterocycles. The van der Waals surface area contributed by atoms with Crippen LogP contribution in [0.3, 0.4) is 0 Å². The number of aryl methyl sites for hydroxylation is 1. The second-order valence-corrected chi connectivity index (χ2v) is 6.23. The van der Waals surface area contributed by atoms with Crippen LogP contribution in [-0.4, -0.2) is 41.6 Å². The van der Waals surface area contributed by atoms with Gasteiger partial charge in [-0.15, -0.1) is 0 Å². The third-order valence-electron chi connectivity index (χ3n) is 4.49. The minimum absolute atomic E-state index is 0.0719. The second-order valence-electron chi connectivity index (χ2n) is 6.23. The molecule has 0 aliphatic carbocycles. The average molecular weight is 351 g/mol. The fourth-order valence-electron chi connectivity index (χ4n) is 2.93. The molecule has 1 aliphatic rings. The zero-order valence-electron chi connectivity index (χ0n) is 14.6. The Labute approximate surface area is 152 Å². The lowest BCUT2D eigenvalue weighted by atomic mass is 10.00. The maximum Gasteiger partial charge on any atom is 0.342 e. The number of benzene rings is 2. The largest absolute Gasteiger partial charge is 0.507 e. The van der Waals surface area contributed by atoms with Crippen molar-refractivity contribution in [2.75, 3.05) is 19.7 Å². The van der Waals surface area contributed by atoms with Crippen LogP contribution in [0, 0.1) is 6.92 Å². The summed E-state index contributed by atoms with van der Waals surface area (Å²) in [7, 11) is 0. The van der Waals surface area contributed by atoms with Gasteiger partial charge in [0.25, 0.3) is 5.91 Å². The number of aromatic hydroxyl groups is 1. The molecule has 1 amide bonds. The van der Waals surface area contributed by atoms with Gasteiger partial charge in [0.2, 0.25) is 0 Å². The van der Waals surface area contributed by atoms with Crippen LogP contribution in [0.15, 0.2) is 54.6 Å². The van der Waals surface area contributed by atoms with Crippen molar-refractivity contribution in [3.05, 3.63) is 71.3 Å².